The van der Waals surface area contributed by atoms with Crippen molar-refractivity contribution in [2.45, 2.75) is 23.8 Å². The molecule has 0 amide bonds. The molecule has 1 atom stereocenters. The van der Waals surface area contributed by atoms with Crippen LogP contribution in [0.5, 0.6) is 0 Å². The second-order valence-electron chi connectivity index (χ2n) is 5.77. The van der Waals surface area contributed by atoms with Gasteiger partial charge in [-0.05, 0) is 42.5 Å². The van der Waals surface area contributed by atoms with Crippen molar-refractivity contribution in [2.75, 3.05) is 13.2 Å². The van der Waals surface area contributed by atoms with Gasteiger partial charge in [0.05, 0.1) is 6.04 Å². The van der Waals surface area contributed by atoms with Gasteiger partial charge in [0.1, 0.15) is 10.7 Å². The third-order valence-corrected chi connectivity index (χ3v) is 5.66. The lowest BCUT2D eigenvalue weighted by Gasteiger charge is -2.31. The Hall–Kier alpha value is -1.83. The van der Waals surface area contributed by atoms with Gasteiger partial charge in [0.15, 0.2) is 0 Å². The van der Waals surface area contributed by atoms with E-state index in [-0.39, 0.29) is 10.8 Å². The van der Waals surface area contributed by atoms with Crippen LogP contribution in [-0.4, -0.2) is 26.6 Å². The highest BCUT2D eigenvalue weighted by atomic mass is 32.2. The number of rotatable bonds is 5. The average Bonchev–Trinajstić information content (AvgIpc) is 2.61. The Kier molecular flexibility index (Phi) is 5.23. The van der Waals surface area contributed by atoms with E-state index in [1.807, 2.05) is 6.07 Å². The number of hydrogen-bond donors (Lipinski definition) is 1. The Bertz CT molecular complexity index is 777. The molecule has 1 aromatic carbocycles. The highest BCUT2D eigenvalue weighted by Crippen LogP contribution is 2.31. The second-order valence-corrected chi connectivity index (χ2v) is 7.45. The van der Waals surface area contributed by atoms with Gasteiger partial charge in [0, 0.05) is 25.6 Å². The maximum atomic E-state index is 13.9. The van der Waals surface area contributed by atoms with E-state index in [0.717, 1.165) is 24.5 Å². The summed E-state index contributed by atoms with van der Waals surface area (Å²) < 4.78 is 47.3. The van der Waals surface area contributed by atoms with Crippen LogP contribution >= 0.6 is 0 Å². The fourth-order valence-electron chi connectivity index (χ4n) is 2.94. The van der Waals surface area contributed by atoms with E-state index < -0.39 is 21.9 Å². The van der Waals surface area contributed by atoms with E-state index in [9.17, 15) is 12.8 Å². The van der Waals surface area contributed by atoms with E-state index in [0.29, 0.717) is 13.2 Å². The fraction of sp³-hybridized carbons (Fsp3) is 0.353. The number of halogens is 1. The van der Waals surface area contributed by atoms with Crippen molar-refractivity contribution in [3.63, 3.8) is 0 Å². The first-order valence-corrected chi connectivity index (χ1v) is 9.31. The van der Waals surface area contributed by atoms with Crippen molar-refractivity contribution in [1.82, 2.24) is 9.71 Å². The lowest BCUT2D eigenvalue weighted by molar-refractivity contribution is 0.0564. The molecule has 1 saturated heterocycles. The van der Waals surface area contributed by atoms with Gasteiger partial charge < -0.3 is 4.74 Å². The van der Waals surface area contributed by atoms with Crippen molar-refractivity contribution in [3.8, 4) is 0 Å². The molecular weight excluding hydrogens is 331 g/mol. The number of hydrogen-bond acceptors (Lipinski definition) is 4. The van der Waals surface area contributed by atoms with Gasteiger partial charge in [-0.2, -0.15) is 0 Å². The normalized spacial score (nSPS) is 17.5. The zero-order valence-electron chi connectivity index (χ0n) is 13.1. The first kappa shape index (κ1) is 17.0. The summed E-state index contributed by atoms with van der Waals surface area (Å²) >= 11 is 0. The summed E-state index contributed by atoms with van der Waals surface area (Å²) in [6, 6.07) is 8.50. The highest BCUT2D eigenvalue weighted by molar-refractivity contribution is 7.89. The van der Waals surface area contributed by atoms with E-state index in [1.54, 1.807) is 18.5 Å². The standard InChI is InChI=1S/C17H19FN2O3S/c18-15-5-1-2-6-16(15)24(21,22)20-17(13-7-10-23-11-8-13)14-4-3-9-19-12-14/h1-6,9,12-13,17,20H,7-8,10-11H2. The number of sulfonamides is 1. The number of nitrogens with one attached hydrogen (secondary N) is 1. The molecule has 3 rings (SSSR count). The van der Waals surface area contributed by atoms with Gasteiger partial charge >= 0.3 is 0 Å². The second kappa shape index (κ2) is 7.38. The molecule has 1 N–H and O–H groups in total. The summed E-state index contributed by atoms with van der Waals surface area (Å²) in [4.78, 5) is 3.74. The highest BCUT2D eigenvalue weighted by Gasteiger charge is 2.31. The molecular formula is C17H19FN2O3S. The van der Waals surface area contributed by atoms with Crippen LogP contribution < -0.4 is 4.72 Å². The third-order valence-electron chi connectivity index (χ3n) is 4.19. The minimum absolute atomic E-state index is 0.0736. The molecule has 0 aliphatic carbocycles. The molecule has 7 heteroatoms. The third kappa shape index (κ3) is 3.80. The van der Waals surface area contributed by atoms with Crippen LogP contribution in [0.2, 0.25) is 0 Å². The molecule has 24 heavy (non-hydrogen) atoms. The van der Waals surface area contributed by atoms with Crippen LogP contribution in [0, 0.1) is 11.7 Å². The molecule has 1 unspecified atom stereocenters. The van der Waals surface area contributed by atoms with Crippen LogP contribution in [0.3, 0.4) is 0 Å². The Balaban J connectivity index is 1.93. The summed E-state index contributed by atoms with van der Waals surface area (Å²) in [5.41, 5.74) is 0.768. The summed E-state index contributed by atoms with van der Waals surface area (Å²) in [5.74, 6) is -0.689. The molecule has 0 saturated carbocycles. The molecule has 2 heterocycles. The first-order valence-electron chi connectivity index (χ1n) is 7.82. The van der Waals surface area contributed by atoms with Crippen LogP contribution in [0.25, 0.3) is 0 Å². The van der Waals surface area contributed by atoms with Crippen LogP contribution in [0.4, 0.5) is 4.39 Å². The maximum absolute atomic E-state index is 13.9. The largest absolute Gasteiger partial charge is 0.381 e. The minimum Gasteiger partial charge on any atom is -0.381 e. The molecule has 1 aliphatic heterocycles. The Morgan fingerprint density at radius 1 is 1.17 bits per heavy atom. The van der Waals surface area contributed by atoms with E-state index >= 15 is 0 Å². The molecule has 2 aromatic rings. The van der Waals surface area contributed by atoms with Crippen LogP contribution in [0.1, 0.15) is 24.4 Å². The van der Waals surface area contributed by atoms with Gasteiger partial charge in [-0.3, -0.25) is 4.98 Å². The summed E-state index contributed by atoms with van der Waals surface area (Å²) in [5, 5.41) is 0. The number of ether oxygens (including phenoxy) is 1. The monoisotopic (exact) mass is 350 g/mol. The van der Waals surface area contributed by atoms with Crippen molar-refractivity contribution in [2.24, 2.45) is 5.92 Å². The maximum Gasteiger partial charge on any atom is 0.244 e. The molecule has 1 aromatic heterocycles. The van der Waals surface area contributed by atoms with E-state index in [1.165, 1.54) is 18.2 Å². The summed E-state index contributed by atoms with van der Waals surface area (Å²) in [7, 11) is -3.98. The minimum atomic E-state index is -3.98. The zero-order valence-corrected chi connectivity index (χ0v) is 13.9. The molecule has 1 fully saturated rings. The van der Waals surface area contributed by atoms with Crippen molar-refractivity contribution in [1.29, 1.82) is 0 Å². The SMILES string of the molecule is O=S(=O)(NC(c1cccnc1)C1CCOCC1)c1ccccc1F. The van der Waals surface area contributed by atoms with Crippen molar-refractivity contribution < 1.29 is 17.5 Å². The number of aromatic nitrogens is 1. The summed E-state index contributed by atoms with van der Waals surface area (Å²) in [6.07, 6.45) is 4.75. The number of nitrogens with zero attached hydrogens (tertiary/aromatic N) is 1. The molecule has 0 spiro atoms. The van der Waals surface area contributed by atoms with Crippen molar-refractivity contribution in [3.05, 3.63) is 60.2 Å². The number of pyridine rings is 1. The van der Waals surface area contributed by atoms with Gasteiger partial charge in [0.25, 0.3) is 0 Å². The molecule has 0 radical (unpaired) electrons. The molecule has 1 aliphatic rings. The van der Waals surface area contributed by atoms with Gasteiger partial charge in [-0.25, -0.2) is 17.5 Å². The lowest BCUT2D eigenvalue weighted by Crippen LogP contribution is -2.36. The number of benzene rings is 1. The fourth-order valence-corrected chi connectivity index (χ4v) is 4.31. The lowest BCUT2D eigenvalue weighted by atomic mass is 9.88. The van der Waals surface area contributed by atoms with Gasteiger partial charge in [-0.15, -0.1) is 0 Å². The Morgan fingerprint density at radius 3 is 2.58 bits per heavy atom. The molecule has 0 bridgehead atoms. The van der Waals surface area contributed by atoms with Crippen molar-refractivity contribution >= 4 is 10.0 Å². The molecule has 128 valence electrons. The Morgan fingerprint density at radius 2 is 1.92 bits per heavy atom. The average molecular weight is 350 g/mol. The predicted octanol–water partition coefficient (Wildman–Crippen LogP) is 2.67. The Labute approximate surface area is 140 Å². The quantitative estimate of drug-likeness (QED) is 0.900. The van der Waals surface area contributed by atoms with Crippen LogP contribution in [0.15, 0.2) is 53.7 Å². The first-order chi connectivity index (χ1) is 11.6. The smallest absolute Gasteiger partial charge is 0.244 e. The van der Waals surface area contributed by atoms with E-state index in [4.69, 9.17) is 4.74 Å². The van der Waals surface area contributed by atoms with Gasteiger partial charge in [0.2, 0.25) is 10.0 Å². The van der Waals surface area contributed by atoms with Crippen LogP contribution in [-0.2, 0) is 14.8 Å². The predicted molar refractivity (Wildman–Crippen MR) is 87.2 cm³/mol. The molecule has 5 nitrogen and oxygen atoms in total. The zero-order chi connectivity index (χ0) is 17.0. The summed E-state index contributed by atoms with van der Waals surface area (Å²) in [6.45, 7) is 1.17. The topological polar surface area (TPSA) is 68.3 Å². The van der Waals surface area contributed by atoms with Gasteiger partial charge in [-0.1, -0.05) is 18.2 Å². The van der Waals surface area contributed by atoms with E-state index in [2.05, 4.69) is 9.71 Å².